The third kappa shape index (κ3) is 3.95. The first-order valence-electron chi connectivity index (χ1n) is 6.86. The number of benzene rings is 1. The fourth-order valence-electron chi connectivity index (χ4n) is 2.30. The van der Waals surface area contributed by atoms with Crippen LogP contribution in [0.1, 0.15) is 17.4 Å². The van der Waals surface area contributed by atoms with Gasteiger partial charge in [-0.3, -0.25) is 4.79 Å². The van der Waals surface area contributed by atoms with Crippen LogP contribution in [0, 0.1) is 5.92 Å². The van der Waals surface area contributed by atoms with Crippen molar-refractivity contribution < 1.29 is 9.90 Å². The number of hydrogen-bond donors (Lipinski definition) is 3. The van der Waals surface area contributed by atoms with Gasteiger partial charge >= 0.3 is 0 Å². The minimum absolute atomic E-state index is 0. The molecule has 1 amide bonds. The van der Waals surface area contributed by atoms with Gasteiger partial charge < -0.3 is 15.7 Å². The maximum absolute atomic E-state index is 11.7. The molecule has 0 bridgehead atoms. The van der Waals surface area contributed by atoms with Crippen LogP contribution in [0.2, 0.25) is 0 Å². The van der Waals surface area contributed by atoms with E-state index in [4.69, 9.17) is 0 Å². The zero-order valence-electron chi connectivity index (χ0n) is 11.5. The summed E-state index contributed by atoms with van der Waals surface area (Å²) in [6, 6.07) is 10.0. The highest BCUT2D eigenvalue weighted by Gasteiger charge is 2.20. The van der Waals surface area contributed by atoms with Crippen molar-refractivity contribution in [1.29, 1.82) is 0 Å². The van der Waals surface area contributed by atoms with Gasteiger partial charge in [0.05, 0.1) is 0 Å². The predicted octanol–water partition coefficient (Wildman–Crippen LogP) is 2.08. The molecule has 3 N–H and O–H groups in total. The number of carbonyl (C=O) groups is 1. The number of aliphatic hydroxyl groups is 1. The Morgan fingerprint density at radius 2 is 2.19 bits per heavy atom. The van der Waals surface area contributed by atoms with Crippen molar-refractivity contribution in [2.45, 2.75) is 12.5 Å². The van der Waals surface area contributed by atoms with Gasteiger partial charge in [0.2, 0.25) is 5.91 Å². The molecule has 1 atom stereocenters. The number of fused-ring (bicyclic) bond motifs is 1. The normalized spacial score (nSPS) is 16.0. The van der Waals surface area contributed by atoms with Crippen molar-refractivity contribution in [1.82, 2.24) is 10.6 Å². The molecule has 0 spiro atoms. The molecule has 21 heavy (non-hydrogen) atoms. The molecule has 4 nitrogen and oxygen atoms in total. The van der Waals surface area contributed by atoms with Gasteiger partial charge in [-0.05, 0) is 36.5 Å². The van der Waals surface area contributed by atoms with Crippen molar-refractivity contribution in [3.8, 4) is 0 Å². The lowest BCUT2D eigenvalue weighted by molar-refractivity contribution is -0.122. The van der Waals surface area contributed by atoms with E-state index in [0.29, 0.717) is 12.3 Å². The molecule has 1 aliphatic heterocycles. The van der Waals surface area contributed by atoms with E-state index in [1.54, 1.807) is 11.3 Å². The topological polar surface area (TPSA) is 61.4 Å². The van der Waals surface area contributed by atoms with Crippen LogP contribution in [-0.4, -0.2) is 30.6 Å². The molecule has 1 aromatic carbocycles. The van der Waals surface area contributed by atoms with E-state index in [9.17, 15) is 9.90 Å². The predicted molar refractivity (Wildman–Crippen MR) is 88.0 cm³/mol. The summed E-state index contributed by atoms with van der Waals surface area (Å²) in [5.74, 6) is 0.480. The number of thiophene rings is 1. The van der Waals surface area contributed by atoms with Crippen LogP contribution in [0.5, 0.6) is 0 Å². The van der Waals surface area contributed by atoms with Crippen LogP contribution in [0.3, 0.4) is 0 Å². The number of rotatable bonds is 5. The molecule has 1 aliphatic rings. The molecular formula is C15H19ClN2O2S. The summed E-state index contributed by atoms with van der Waals surface area (Å²) in [5, 5.41) is 17.3. The average molecular weight is 327 g/mol. The number of carbonyl (C=O) groups excluding carboxylic acids is 1. The summed E-state index contributed by atoms with van der Waals surface area (Å²) >= 11 is 1.58. The molecule has 2 heterocycles. The van der Waals surface area contributed by atoms with Gasteiger partial charge in [0, 0.05) is 22.5 Å². The maximum atomic E-state index is 11.7. The highest BCUT2D eigenvalue weighted by molar-refractivity contribution is 7.19. The second-order valence-electron chi connectivity index (χ2n) is 5.23. The van der Waals surface area contributed by atoms with Gasteiger partial charge in [-0.25, -0.2) is 0 Å². The standard InChI is InChI=1S/C15H18N2O2S.ClH/c18-12(9-17-15(19)5-10-7-16-8-10)14-6-11-3-1-2-4-13(11)20-14;/h1-4,6,10,12,16,18H,5,7-9H2,(H,17,19);1H. The first kappa shape index (κ1) is 16.2. The zero-order valence-corrected chi connectivity index (χ0v) is 13.2. The minimum Gasteiger partial charge on any atom is -0.386 e. The summed E-state index contributed by atoms with van der Waals surface area (Å²) in [7, 11) is 0. The maximum Gasteiger partial charge on any atom is 0.220 e. The van der Waals surface area contributed by atoms with E-state index in [0.717, 1.165) is 28.1 Å². The Bertz CT molecular complexity index is 579. The van der Waals surface area contributed by atoms with E-state index < -0.39 is 6.10 Å². The summed E-state index contributed by atoms with van der Waals surface area (Å²) in [6.07, 6.45) is -0.0811. The highest BCUT2D eigenvalue weighted by Crippen LogP contribution is 2.29. The molecular weight excluding hydrogens is 308 g/mol. The van der Waals surface area contributed by atoms with E-state index in [1.165, 1.54) is 0 Å². The second kappa shape index (κ2) is 7.22. The Hall–Kier alpha value is -1.14. The fourth-order valence-corrected chi connectivity index (χ4v) is 3.36. The minimum atomic E-state index is -0.629. The Labute approximate surface area is 134 Å². The molecule has 6 heteroatoms. The first-order chi connectivity index (χ1) is 9.72. The van der Waals surface area contributed by atoms with E-state index in [2.05, 4.69) is 10.6 Å². The molecule has 0 aliphatic carbocycles. The summed E-state index contributed by atoms with van der Waals surface area (Å²) in [4.78, 5) is 12.6. The largest absolute Gasteiger partial charge is 0.386 e. The Kier molecular flexibility index (Phi) is 5.58. The molecule has 1 fully saturated rings. The molecule has 1 aromatic heterocycles. The van der Waals surface area contributed by atoms with Gasteiger partial charge in [0.25, 0.3) is 0 Å². The summed E-state index contributed by atoms with van der Waals surface area (Å²) in [6.45, 7) is 2.13. The molecule has 1 saturated heterocycles. The third-order valence-corrected chi connectivity index (χ3v) is 4.82. The van der Waals surface area contributed by atoms with E-state index in [-0.39, 0.29) is 24.9 Å². The van der Waals surface area contributed by atoms with Crippen LogP contribution in [0.4, 0.5) is 0 Å². The molecule has 1 unspecified atom stereocenters. The summed E-state index contributed by atoms with van der Waals surface area (Å²) < 4.78 is 1.16. The lowest BCUT2D eigenvalue weighted by atomic mass is 9.99. The van der Waals surface area contributed by atoms with E-state index >= 15 is 0 Å². The van der Waals surface area contributed by atoms with Crippen molar-refractivity contribution in [2.75, 3.05) is 19.6 Å². The number of halogens is 1. The highest BCUT2D eigenvalue weighted by atomic mass is 35.5. The van der Waals surface area contributed by atoms with Crippen molar-refractivity contribution in [2.24, 2.45) is 5.92 Å². The van der Waals surface area contributed by atoms with Gasteiger partial charge in [-0.15, -0.1) is 23.7 Å². The molecule has 0 radical (unpaired) electrons. The van der Waals surface area contributed by atoms with Gasteiger partial charge in [0.1, 0.15) is 6.10 Å². The molecule has 3 rings (SSSR count). The van der Waals surface area contributed by atoms with Crippen LogP contribution in [-0.2, 0) is 4.79 Å². The number of nitrogens with one attached hydrogen (secondary N) is 2. The fraction of sp³-hybridized carbons (Fsp3) is 0.400. The third-order valence-electron chi connectivity index (χ3n) is 3.61. The Balaban J connectivity index is 0.00000161. The van der Waals surface area contributed by atoms with Crippen LogP contribution in [0.15, 0.2) is 30.3 Å². The van der Waals surface area contributed by atoms with Crippen molar-refractivity contribution in [3.63, 3.8) is 0 Å². The Morgan fingerprint density at radius 3 is 2.86 bits per heavy atom. The zero-order chi connectivity index (χ0) is 13.9. The smallest absolute Gasteiger partial charge is 0.220 e. The van der Waals surface area contributed by atoms with Crippen LogP contribution >= 0.6 is 23.7 Å². The van der Waals surface area contributed by atoms with Crippen molar-refractivity contribution >= 4 is 39.7 Å². The lowest BCUT2D eigenvalue weighted by Gasteiger charge is -2.26. The monoisotopic (exact) mass is 326 g/mol. The van der Waals surface area contributed by atoms with Gasteiger partial charge in [-0.1, -0.05) is 18.2 Å². The molecule has 0 saturated carbocycles. The first-order valence-corrected chi connectivity index (χ1v) is 7.68. The molecule has 114 valence electrons. The van der Waals surface area contributed by atoms with Crippen molar-refractivity contribution in [3.05, 3.63) is 35.2 Å². The van der Waals surface area contributed by atoms with Gasteiger partial charge in [0.15, 0.2) is 0 Å². The Morgan fingerprint density at radius 1 is 1.43 bits per heavy atom. The lowest BCUT2D eigenvalue weighted by Crippen LogP contribution is -2.44. The second-order valence-corrected chi connectivity index (χ2v) is 6.35. The quantitative estimate of drug-likeness (QED) is 0.788. The number of hydrogen-bond acceptors (Lipinski definition) is 4. The summed E-state index contributed by atoms with van der Waals surface area (Å²) in [5.41, 5.74) is 0. The van der Waals surface area contributed by atoms with E-state index in [1.807, 2.05) is 30.3 Å². The average Bonchev–Trinajstić information content (AvgIpc) is 2.84. The van der Waals surface area contributed by atoms with Crippen LogP contribution in [0.25, 0.3) is 10.1 Å². The SMILES string of the molecule is Cl.O=C(CC1CNC1)NCC(O)c1cc2ccccc2s1. The number of aliphatic hydroxyl groups excluding tert-OH is 1. The number of amides is 1. The molecule has 2 aromatic rings. The van der Waals surface area contributed by atoms with Crippen LogP contribution < -0.4 is 10.6 Å². The van der Waals surface area contributed by atoms with Gasteiger partial charge in [-0.2, -0.15) is 0 Å².